The highest BCUT2D eigenvalue weighted by molar-refractivity contribution is 7.92. The summed E-state index contributed by atoms with van der Waals surface area (Å²) in [5.74, 6) is -3.83. The average Bonchev–Trinajstić information content (AvgIpc) is 3.18. The fourth-order valence-electron chi connectivity index (χ4n) is 5.92. The molecule has 1 N–H and O–H groups in total. The van der Waals surface area contributed by atoms with E-state index in [0.29, 0.717) is 11.1 Å². The quantitative estimate of drug-likeness (QED) is 0.121. The number of ether oxygens (including phenoxy) is 5. The summed E-state index contributed by atoms with van der Waals surface area (Å²) in [6.45, 7) is -0.734. The molecule has 1 aliphatic rings. The van der Waals surface area contributed by atoms with Gasteiger partial charge in [-0.15, -0.1) is 0 Å². The van der Waals surface area contributed by atoms with Gasteiger partial charge in [0.2, 0.25) is 0 Å². The highest BCUT2D eigenvalue weighted by Crippen LogP contribution is 2.48. The Labute approximate surface area is 301 Å². The molecule has 0 unspecified atom stereocenters. The molecule has 52 heavy (non-hydrogen) atoms. The van der Waals surface area contributed by atoms with Crippen LogP contribution in [0.5, 0.6) is 0 Å². The molecule has 0 aliphatic carbocycles. The molecular weight excluding hydrogens is 693 g/mol. The number of nitrogens with zero attached hydrogens (tertiary/aromatic N) is 1. The minimum atomic E-state index is -5.70. The number of halogens is 2. The van der Waals surface area contributed by atoms with E-state index in [9.17, 15) is 13.5 Å². The third-order valence-electron chi connectivity index (χ3n) is 8.61. The van der Waals surface area contributed by atoms with E-state index < -0.39 is 50.3 Å². The summed E-state index contributed by atoms with van der Waals surface area (Å²) in [6, 6.07) is 39.5. The molecule has 9 nitrogen and oxygen atoms in total. The van der Waals surface area contributed by atoms with Crippen molar-refractivity contribution in [1.29, 1.82) is 0 Å². The van der Waals surface area contributed by atoms with E-state index in [1.807, 2.05) is 66.7 Å². The molecular formula is C40H39F2NO8S. The summed E-state index contributed by atoms with van der Waals surface area (Å²) in [7, 11) is -5.70. The molecule has 6 rings (SSSR count). The van der Waals surface area contributed by atoms with E-state index >= 15 is 8.78 Å². The predicted molar refractivity (Wildman–Crippen MR) is 187 cm³/mol. The first-order valence-corrected chi connectivity index (χ1v) is 18.2. The number of alkyl halides is 2. The molecule has 0 amide bonds. The van der Waals surface area contributed by atoms with Crippen LogP contribution in [0, 0.1) is 0 Å². The second-order valence-electron chi connectivity index (χ2n) is 12.3. The smallest absolute Gasteiger partial charge is 0.374 e. The lowest BCUT2D eigenvalue weighted by Gasteiger charge is -2.51. The van der Waals surface area contributed by atoms with Gasteiger partial charge in [0.05, 0.1) is 33.0 Å². The second-order valence-corrected chi connectivity index (χ2v) is 14.2. The van der Waals surface area contributed by atoms with Crippen molar-refractivity contribution in [1.82, 2.24) is 4.98 Å². The fourth-order valence-corrected chi connectivity index (χ4v) is 7.19. The van der Waals surface area contributed by atoms with Gasteiger partial charge in [-0.3, -0.25) is 0 Å². The van der Waals surface area contributed by atoms with Gasteiger partial charge in [0.1, 0.15) is 24.4 Å². The minimum Gasteiger partial charge on any atom is -0.374 e. The molecule has 12 heteroatoms. The maximum absolute atomic E-state index is 17.0. The van der Waals surface area contributed by atoms with Gasteiger partial charge in [0.15, 0.2) is 5.03 Å². The molecule has 0 radical (unpaired) electrons. The van der Waals surface area contributed by atoms with Crippen molar-refractivity contribution in [3.63, 3.8) is 0 Å². The van der Waals surface area contributed by atoms with Crippen LogP contribution in [-0.4, -0.2) is 60.6 Å². The molecule has 5 atom stereocenters. The standard InChI is InChI=1S/C40H39F2NO8S/c41-40(42,52(45,46)35-23-13-14-24-43-35)39(44)38(50-28-33-21-11-4-12-22-33)37(49-27-32-19-9-3-10-20-32)36(48-26-31-17-7-2-8-18-31)34(51-39)29-47-25-30-15-5-1-6-16-30/h1-24,34,36-38,44H,25-29H2/t34-,36+,37+,38-,39-/m1/s1. The SMILES string of the molecule is O=S(=O)(c1ccccn1)C(F)(F)[C@]1(O)O[C@H](COCc2ccccc2)[C@H](OCc2ccccc2)[C@H](OCc2ccccc2)[C@H]1OCc1ccccc1. The van der Waals surface area contributed by atoms with E-state index in [4.69, 9.17) is 23.7 Å². The zero-order valence-corrected chi connectivity index (χ0v) is 28.9. The Morgan fingerprint density at radius 1 is 0.635 bits per heavy atom. The molecule has 0 spiro atoms. The first kappa shape index (κ1) is 37.4. The summed E-state index contributed by atoms with van der Waals surface area (Å²) in [6.07, 6.45) is -5.23. The Balaban J connectivity index is 1.44. The lowest BCUT2D eigenvalue weighted by atomic mass is 9.91. The summed E-state index contributed by atoms with van der Waals surface area (Å²) < 4.78 is 92.3. The van der Waals surface area contributed by atoms with Crippen LogP contribution in [0.3, 0.4) is 0 Å². The molecule has 272 valence electrons. The van der Waals surface area contributed by atoms with Gasteiger partial charge < -0.3 is 28.8 Å². The van der Waals surface area contributed by atoms with Gasteiger partial charge in [-0.05, 0) is 34.4 Å². The van der Waals surface area contributed by atoms with Crippen molar-refractivity contribution >= 4 is 9.84 Å². The summed E-state index contributed by atoms with van der Waals surface area (Å²) in [5.41, 5.74) is 2.81. The number of sulfone groups is 1. The van der Waals surface area contributed by atoms with Crippen molar-refractivity contribution in [3.05, 3.63) is 168 Å². The van der Waals surface area contributed by atoms with Crippen LogP contribution in [0.2, 0.25) is 0 Å². The normalized spacial score (nSPS) is 22.2. The molecule has 5 aromatic rings. The van der Waals surface area contributed by atoms with Crippen molar-refractivity contribution in [2.75, 3.05) is 6.61 Å². The zero-order valence-electron chi connectivity index (χ0n) is 28.1. The Morgan fingerprint density at radius 3 is 1.56 bits per heavy atom. The maximum Gasteiger partial charge on any atom is 0.406 e. The maximum atomic E-state index is 17.0. The number of aliphatic hydroxyl groups is 1. The molecule has 0 saturated carbocycles. The van der Waals surface area contributed by atoms with Crippen LogP contribution in [0.25, 0.3) is 0 Å². The third kappa shape index (κ3) is 8.45. The van der Waals surface area contributed by atoms with Crippen LogP contribution in [0.4, 0.5) is 8.78 Å². The van der Waals surface area contributed by atoms with Gasteiger partial charge in [0, 0.05) is 6.20 Å². The Bertz CT molecular complexity index is 1930. The fraction of sp³-hybridized carbons (Fsp3) is 0.275. The number of rotatable bonds is 16. The van der Waals surface area contributed by atoms with E-state index in [1.54, 1.807) is 54.6 Å². The molecule has 2 heterocycles. The first-order valence-electron chi connectivity index (χ1n) is 16.7. The number of hydrogen-bond donors (Lipinski definition) is 1. The minimum absolute atomic E-state index is 0.00170. The zero-order chi connectivity index (χ0) is 36.4. The van der Waals surface area contributed by atoms with E-state index in [0.717, 1.165) is 23.4 Å². The number of benzene rings is 4. The monoisotopic (exact) mass is 731 g/mol. The lowest BCUT2D eigenvalue weighted by Crippen LogP contribution is -2.74. The van der Waals surface area contributed by atoms with Crippen LogP contribution < -0.4 is 0 Å². The highest BCUT2D eigenvalue weighted by atomic mass is 32.2. The van der Waals surface area contributed by atoms with E-state index in [-0.39, 0.29) is 33.0 Å². The number of hydrogen-bond acceptors (Lipinski definition) is 9. The first-order chi connectivity index (χ1) is 25.2. The highest BCUT2D eigenvalue weighted by Gasteiger charge is 2.73. The predicted octanol–water partition coefficient (Wildman–Crippen LogP) is 6.51. The van der Waals surface area contributed by atoms with E-state index in [1.165, 1.54) is 12.1 Å². The Morgan fingerprint density at radius 2 is 1.08 bits per heavy atom. The van der Waals surface area contributed by atoms with Crippen LogP contribution in [0.15, 0.2) is 151 Å². The number of aromatic nitrogens is 1. The van der Waals surface area contributed by atoms with Gasteiger partial charge in [-0.25, -0.2) is 13.4 Å². The largest absolute Gasteiger partial charge is 0.406 e. The van der Waals surface area contributed by atoms with Crippen molar-refractivity contribution < 1.29 is 46.0 Å². The molecule has 1 aromatic heterocycles. The van der Waals surface area contributed by atoms with Crippen LogP contribution >= 0.6 is 0 Å². The average molecular weight is 732 g/mol. The van der Waals surface area contributed by atoms with Crippen molar-refractivity contribution in [2.24, 2.45) is 0 Å². The second kappa shape index (κ2) is 17.0. The Kier molecular flexibility index (Phi) is 12.2. The molecule has 1 aliphatic heterocycles. The summed E-state index contributed by atoms with van der Waals surface area (Å²) in [4.78, 5) is 3.68. The third-order valence-corrected chi connectivity index (χ3v) is 10.4. The number of pyridine rings is 1. The molecule has 1 fully saturated rings. The molecule has 4 aromatic carbocycles. The Hall–Kier alpha value is -4.40. The van der Waals surface area contributed by atoms with E-state index in [2.05, 4.69) is 4.98 Å². The van der Waals surface area contributed by atoms with Gasteiger partial charge in [-0.2, -0.15) is 8.78 Å². The van der Waals surface area contributed by atoms with Gasteiger partial charge in [-0.1, -0.05) is 127 Å². The molecule has 0 bridgehead atoms. The van der Waals surface area contributed by atoms with Crippen LogP contribution in [0.1, 0.15) is 22.3 Å². The van der Waals surface area contributed by atoms with Gasteiger partial charge >= 0.3 is 5.25 Å². The topological polar surface area (TPSA) is 113 Å². The van der Waals surface area contributed by atoms with Gasteiger partial charge in [0.25, 0.3) is 15.6 Å². The lowest BCUT2D eigenvalue weighted by molar-refractivity contribution is -0.408. The van der Waals surface area contributed by atoms with Crippen molar-refractivity contribution in [3.8, 4) is 0 Å². The van der Waals surface area contributed by atoms with Crippen LogP contribution in [-0.2, 0) is 59.9 Å². The summed E-state index contributed by atoms with van der Waals surface area (Å²) >= 11 is 0. The molecule has 1 saturated heterocycles. The summed E-state index contributed by atoms with van der Waals surface area (Å²) in [5, 5.41) is 6.32. The van der Waals surface area contributed by atoms with Crippen molar-refractivity contribution in [2.45, 2.75) is 66.9 Å².